The minimum absolute atomic E-state index is 0. The summed E-state index contributed by atoms with van der Waals surface area (Å²) in [5, 5.41) is 0. The predicted octanol–water partition coefficient (Wildman–Crippen LogP) is -1.64. The van der Waals surface area contributed by atoms with E-state index in [-0.39, 0.29) is 11.0 Å². The molecule has 0 radical (unpaired) electrons. The summed E-state index contributed by atoms with van der Waals surface area (Å²) >= 11 is 0. The number of hydrogen-bond donors (Lipinski definition) is 0. The fourth-order valence-corrected chi connectivity index (χ4v) is 0.843. The Hall–Kier alpha value is -0.995. The molecule has 3 nitrogen and oxygen atoms in total. The summed E-state index contributed by atoms with van der Waals surface area (Å²) in [5.41, 5.74) is 2.57. The first-order valence-corrected chi connectivity index (χ1v) is 3.44. The summed E-state index contributed by atoms with van der Waals surface area (Å²) in [6.45, 7) is 0. The van der Waals surface area contributed by atoms with Crippen LogP contribution in [0.25, 0.3) is 0 Å². The molecule has 0 atom stereocenters. The van der Waals surface area contributed by atoms with Crippen LogP contribution in [-0.4, -0.2) is 32.9 Å². The highest BCUT2D eigenvalue weighted by Gasteiger charge is 1.90. The van der Waals surface area contributed by atoms with Crippen LogP contribution in [0.1, 0.15) is 0 Å². The van der Waals surface area contributed by atoms with Gasteiger partial charge in [0.15, 0.2) is 0 Å². The van der Waals surface area contributed by atoms with Crippen molar-refractivity contribution in [2.75, 3.05) is 19.0 Å². The molecule has 0 spiro atoms. The van der Waals surface area contributed by atoms with Crippen LogP contribution >= 0.6 is 0 Å². The molecule has 0 bridgehead atoms. The molecule has 1 aromatic carbocycles. The Labute approximate surface area is 74.0 Å². The largest absolute Gasteiger partial charge is 0.412 e. The zero-order valence-corrected chi connectivity index (χ0v) is 7.76. The van der Waals surface area contributed by atoms with Gasteiger partial charge >= 0.3 is 0 Å². The van der Waals surface area contributed by atoms with E-state index in [1.165, 1.54) is 11.2 Å². The van der Waals surface area contributed by atoms with Crippen molar-refractivity contribution in [2.45, 2.75) is 0 Å². The molecule has 1 rings (SSSR count). The minimum Gasteiger partial charge on any atom is -0.412 e. The molecule has 0 saturated carbocycles. The van der Waals surface area contributed by atoms with Crippen LogP contribution in [-0.2, 0) is 0 Å². The Bertz CT molecular complexity index is 211. The van der Waals surface area contributed by atoms with E-state index in [0.29, 0.717) is 0 Å². The highest BCUT2D eigenvalue weighted by atomic mass is 16.0. The SMILES string of the molecule is Bc1ccc(N(C)C)cc1.O.O. The third kappa shape index (κ3) is 3.41. The molecule has 4 heteroatoms. The fourth-order valence-electron chi connectivity index (χ4n) is 0.843. The van der Waals surface area contributed by atoms with E-state index in [0.717, 1.165) is 0 Å². The van der Waals surface area contributed by atoms with E-state index in [9.17, 15) is 0 Å². The van der Waals surface area contributed by atoms with E-state index in [2.05, 4.69) is 37.0 Å². The molecule has 0 heterocycles. The van der Waals surface area contributed by atoms with E-state index in [1.807, 2.05) is 14.1 Å². The lowest BCUT2D eigenvalue weighted by Gasteiger charge is -2.11. The van der Waals surface area contributed by atoms with Gasteiger partial charge in [-0.2, -0.15) is 0 Å². The van der Waals surface area contributed by atoms with Crippen molar-refractivity contribution in [3.05, 3.63) is 24.3 Å². The Balaban J connectivity index is 0. The van der Waals surface area contributed by atoms with E-state index >= 15 is 0 Å². The van der Waals surface area contributed by atoms with Crippen molar-refractivity contribution < 1.29 is 11.0 Å². The highest BCUT2D eigenvalue weighted by Crippen LogP contribution is 2.06. The Morgan fingerprint density at radius 3 is 1.75 bits per heavy atom. The van der Waals surface area contributed by atoms with Gasteiger partial charge in [-0.15, -0.1) is 0 Å². The zero-order chi connectivity index (χ0) is 7.56. The van der Waals surface area contributed by atoms with Crippen LogP contribution in [0.3, 0.4) is 0 Å². The molecule has 4 N–H and O–H groups in total. The molecule has 0 aromatic heterocycles. The van der Waals surface area contributed by atoms with Crippen molar-refractivity contribution in [3.8, 4) is 0 Å². The van der Waals surface area contributed by atoms with Crippen molar-refractivity contribution in [1.29, 1.82) is 0 Å². The molecule has 0 aliphatic carbocycles. The van der Waals surface area contributed by atoms with Crippen LogP contribution in [0.4, 0.5) is 5.69 Å². The quantitative estimate of drug-likeness (QED) is 0.465. The van der Waals surface area contributed by atoms with Crippen LogP contribution < -0.4 is 10.4 Å². The number of anilines is 1. The molecule has 0 aliphatic heterocycles. The predicted molar refractivity (Wildman–Crippen MR) is 56.2 cm³/mol. The normalized spacial score (nSPS) is 7.83. The van der Waals surface area contributed by atoms with Gasteiger partial charge in [0.2, 0.25) is 0 Å². The van der Waals surface area contributed by atoms with Gasteiger partial charge in [-0.1, -0.05) is 17.6 Å². The first-order chi connectivity index (χ1) is 4.70. The van der Waals surface area contributed by atoms with Gasteiger partial charge in [-0.05, 0) is 12.1 Å². The van der Waals surface area contributed by atoms with Gasteiger partial charge in [-0.3, -0.25) is 0 Å². The van der Waals surface area contributed by atoms with Crippen LogP contribution in [0.5, 0.6) is 0 Å². The average Bonchev–Trinajstić information content (AvgIpc) is 1.88. The van der Waals surface area contributed by atoms with Gasteiger partial charge in [0, 0.05) is 19.8 Å². The first-order valence-electron chi connectivity index (χ1n) is 3.44. The molecule has 0 aliphatic rings. The molecule has 0 amide bonds. The summed E-state index contributed by atoms with van der Waals surface area (Å²) in [6, 6.07) is 8.48. The number of nitrogens with zero attached hydrogens (tertiary/aromatic N) is 1. The lowest BCUT2D eigenvalue weighted by atomic mass is 9.96. The van der Waals surface area contributed by atoms with E-state index in [1.54, 1.807) is 0 Å². The third-order valence-electron chi connectivity index (χ3n) is 1.55. The Morgan fingerprint density at radius 1 is 1.00 bits per heavy atom. The first kappa shape index (κ1) is 13.6. The average molecular weight is 169 g/mol. The standard InChI is InChI=1S/C8H12BN.2H2O/c1-10(2)8-5-3-7(9)4-6-8;;/h3-6H,9H2,1-2H3;2*1H2. The number of benzene rings is 1. The second kappa shape index (κ2) is 5.63. The molecule has 1 aromatic rings. The number of hydrogen-bond acceptors (Lipinski definition) is 1. The molecular formula is C8H16BNO2. The maximum absolute atomic E-state index is 2.12. The molecule has 12 heavy (non-hydrogen) atoms. The third-order valence-corrected chi connectivity index (χ3v) is 1.55. The molecular weight excluding hydrogens is 153 g/mol. The topological polar surface area (TPSA) is 66.2 Å². The zero-order valence-electron chi connectivity index (χ0n) is 7.76. The van der Waals surface area contributed by atoms with Crippen LogP contribution in [0, 0.1) is 0 Å². The maximum Gasteiger partial charge on any atom is 0.139 e. The second-order valence-electron chi connectivity index (χ2n) is 2.73. The van der Waals surface area contributed by atoms with Gasteiger partial charge in [0.1, 0.15) is 7.85 Å². The Morgan fingerprint density at radius 2 is 1.42 bits per heavy atom. The van der Waals surface area contributed by atoms with Crippen molar-refractivity contribution in [3.63, 3.8) is 0 Å². The van der Waals surface area contributed by atoms with Crippen molar-refractivity contribution in [1.82, 2.24) is 0 Å². The van der Waals surface area contributed by atoms with Crippen molar-refractivity contribution >= 4 is 19.0 Å². The summed E-state index contributed by atoms with van der Waals surface area (Å²) in [7, 11) is 6.19. The highest BCUT2D eigenvalue weighted by molar-refractivity contribution is 6.32. The van der Waals surface area contributed by atoms with Gasteiger partial charge in [-0.25, -0.2) is 0 Å². The summed E-state index contributed by atoms with van der Waals surface area (Å²) < 4.78 is 0. The monoisotopic (exact) mass is 169 g/mol. The maximum atomic E-state index is 2.12. The van der Waals surface area contributed by atoms with Crippen LogP contribution in [0.15, 0.2) is 24.3 Å². The van der Waals surface area contributed by atoms with E-state index < -0.39 is 0 Å². The van der Waals surface area contributed by atoms with Crippen LogP contribution in [0.2, 0.25) is 0 Å². The van der Waals surface area contributed by atoms with Crippen molar-refractivity contribution in [2.24, 2.45) is 0 Å². The smallest absolute Gasteiger partial charge is 0.139 e. The van der Waals surface area contributed by atoms with E-state index in [4.69, 9.17) is 0 Å². The molecule has 0 saturated heterocycles. The number of rotatable bonds is 1. The van der Waals surface area contributed by atoms with Gasteiger partial charge in [0.05, 0.1) is 0 Å². The van der Waals surface area contributed by atoms with Gasteiger partial charge < -0.3 is 15.9 Å². The Kier molecular flexibility index (Phi) is 6.37. The lowest BCUT2D eigenvalue weighted by molar-refractivity contribution is 0.823. The summed E-state index contributed by atoms with van der Waals surface area (Å²) in [4.78, 5) is 2.10. The fraction of sp³-hybridized carbons (Fsp3) is 0.250. The summed E-state index contributed by atoms with van der Waals surface area (Å²) in [6.07, 6.45) is 0. The molecule has 68 valence electrons. The minimum atomic E-state index is 0. The summed E-state index contributed by atoms with van der Waals surface area (Å²) in [5.74, 6) is 0. The lowest BCUT2D eigenvalue weighted by Crippen LogP contribution is -2.10. The molecule has 0 unspecified atom stereocenters. The second-order valence-corrected chi connectivity index (χ2v) is 2.73. The molecule has 0 fully saturated rings. The van der Waals surface area contributed by atoms with Gasteiger partial charge in [0.25, 0.3) is 0 Å².